The van der Waals surface area contributed by atoms with Gasteiger partial charge in [0, 0.05) is 12.4 Å². The average Bonchev–Trinajstić information content (AvgIpc) is 3.22. The number of nitrogens with zero attached hydrogens (tertiary/aromatic N) is 2. The quantitative estimate of drug-likeness (QED) is 0.436. The molecule has 4 rings (SSSR count). The van der Waals surface area contributed by atoms with Crippen molar-refractivity contribution in [2.75, 3.05) is 6.61 Å². The van der Waals surface area contributed by atoms with Crippen molar-refractivity contribution in [3.63, 3.8) is 0 Å². The number of aromatic nitrogens is 2. The number of alkyl halides is 3. The van der Waals surface area contributed by atoms with Crippen molar-refractivity contribution >= 4 is 22.7 Å². The molecule has 8 heteroatoms. The Kier molecular flexibility index (Phi) is 5.65. The van der Waals surface area contributed by atoms with Crippen LogP contribution in [-0.4, -0.2) is 22.3 Å². The third-order valence-electron chi connectivity index (χ3n) is 4.86. The summed E-state index contributed by atoms with van der Waals surface area (Å²) in [7, 11) is 0. The van der Waals surface area contributed by atoms with Crippen LogP contribution in [0.15, 0.2) is 58.5 Å². The lowest BCUT2D eigenvalue weighted by Crippen LogP contribution is -2.28. The molecule has 1 atom stereocenters. The standard InChI is InChI=1S/C21H19F3N2O2S/c22-21(23,24)15-6-3-5-14(11-15)13-29-20-25-18-9-2-1-8-17(18)19(27)26(20)12-16-7-4-10-28-16/h1-3,5-6,8-9,11,16H,4,7,10,12-13H2. The smallest absolute Gasteiger partial charge is 0.376 e. The predicted octanol–water partition coefficient (Wildman–Crippen LogP) is 4.89. The molecule has 0 aliphatic carbocycles. The summed E-state index contributed by atoms with van der Waals surface area (Å²) in [4.78, 5) is 17.7. The molecular formula is C21H19F3N2O2S. The SMILES string of the molecule is O=c1c2ccccc2nc(SCc2cccc(C(F)(F)F)c2)n1CC1CCCO1. The van der Waals surface area contributed by atoms with Crippen LogP contribution in [0.25, 0.3) is 10.9 Å². The molecule has 2 aromatic carbocycles. The van der Waals surface area contributed by atoms with Crippen LogP contribution < -0.4 is 5.56 Å². The molecule has 0 spiro atoms. The van der Waals surface area contributed by atoms with Gasteiger partial charge in [0.05, 0.1) is 29.1 Å². The summed E-state index contributed by atoms with van der Waals surface area (Å²) < 4.78 is 46.2. The lowest BCUT2D eigenvalue weighted by molar-refractivity contribution is -0.137. The normalized spacial score (nSPS) is 17.1. The van der Waals surface area contributed by atoms with Gasteiger partial charge >= 0.3 is 6.18 Å². The van der Waals surface area contributed by atoms with Gasteiger partial charge in [-0.05, 0) is 36.6 Å². The van der Waals surface area contributed by atoms with Crippen molar-refractivity contribution in [1.29, 1.82) is 0 Å². The van der Waals surface area contributed by atoms with E-state index in [1.54, 1.807) is 34.9 Å². The van der Waals surface area contributed by atoms with Crippen molar-refractivity contribution < 1.29 is 17.9 Å². The van der Waals surface area contributed by atoms with Crippen LogP contribution in [0.1, 0.15) is 24.0 Å². The van der Waals surface area contributed by atoms with Gasteiger partial charge in [0.2, 0.25) is 0 Å². The molecule has 1 fully saturated rings. The van der Waals surface area contributed by atoms with Crippen molar-refractivity contribution in [2.45, 2.75) is 42.6 Å². The first kappa shape index (κ1) is 20.0. The Hall–Kier alpha value is -2.32. The molecule has 1 saturated heterocycles. The average molecular weight is 420 g/mol. The number of benzene rings is 2. The van der Waals surface area contributed by atoms with E-state index >= 15 is 0 Å². The predicted molar refractivity (Wildman–Crippen MR) is 106 cm³/mol. The minimum atomic E-state index is -4.39. The largest absolute Gasteiger partial charge is 0.416 e. The maximum atomic E-state index is 13.0. The molecule has 3 aromatic rings. The van der Waals surface area contributed by atoms with Crippen molar-refractivity contribution in [1.82, 2.24) is 9.55 Å². The van der Waals surface area contributed by atoms with Crippen LogP contribution in [0.4, 0.5) is 13.2 Å². The molecule has 152 valence electrons. The second-order valence-corrected chi connectivity index (χ2v) is 7.89. The summed E-state index contributed by atoms with van der Waals surface area (Å²) >= 11 is 1.26. The van der Waals surface area contributed by atoms with E-state index in [1.807, 2.05) is 0 Å². The molecule has 29 heavy (non-hydrogen) atoms. The highest BCUT2D eigenvalue weighted by Gasteiger charge is 2.30. The van der Waals surface area contributed by atoms with Crippen LogP contribution in [0.3, 0.4) is 0 Å². The third kappa shape index (κ3) is 4.48. The zero-order valence-electron chi connectivity index (χ0n) is 15.5. The Bertz CT molecular complexity index is 1080. The maximum absolute atomic E-state index is 13.0. The molecule has 0 N–H and O–H groups in total. The minimum absolute atomic E-state index is 0.0523. The highest BCUT2D eigenvalue weighted by Crippen LogP contribution is 2.31. The molecule has 0 amide bonds. The van der Waals surface area contributed by atoms with Crippen molar-refractivity contribution in [3.05, 3.63) is 70.0 Å². The van der Waals surface area contributed by atoms with E-state index in [0.29, 0.717) is 34.8 Å². The molecule has 2 heterocycles. The van der Waals surface area contributed by atoms with Gasteiger partial charge in [0.1, 0.15) is 0 Å². The number of rotatable bonds is 5. The number of hydrogen-bond acceptors (Lipinski definition) is 4. The molecule has 0 bridgehead atoms. The second-order valence-electron chi connectivity index (χ2n) is 6.95. The number of thioether (sulfide) groups is 1. The van der Waals surface area contributed by atoms with Gasteiger partial charge < -0.3 is 4.74 Å². The number of halogens is 3. The number of fused-ring (bicyclic) bond motifs is 1. The van der Waals surface area contributed by atoms with Crippen LogP contribution in [0, 0.1) is 0 Å². The molecule has 0 radical (unpaired) electrons. The van der Waals surface area contributed by atoms with E-state index in [0.717, 1.165) is 25.0 Å². The van der Waals surface area contributed by atoms with E-state index in [4.69, 9.17) is 4.74 Å². The molecule has 1 aliphatic heterocycles. The molecule has 1 aromatic heterocycles. The fourth-order valence-electron chi connectivity index (χ4n) is 3.40. The first-order valence-electron chi connectivity index (χ1n) is 9.32. The van der Waals surface area contributed by atoms with E-state index in [-0.39, 0.29) is 17.4 Å². The van der Waals surface area contributed by atoms with Crippen LogP contribution in [0.2, 0.25) is 0 Å². The minimum Gasteiger partial charge on any atom is -0.376 e. The Morgan fingerprint density at radius 1 is 1.17 bits per heavy atom. The van der Waals surface area contributed by atoms with Gasteiger partial charge in [0.25, 0.3) is 5.56 Å². The van der Waals surface area contributed by atoms with Crippen LogP contribution >= 0.6 is 11.8 Å². The Morgan fingerprint density at radius 3 is 2.76 bits per heavy atom. The summed E-state index contributed by atoms with van der Waals surface area (Å²) in [5.41, 5.74) is 0.264. The lowest BCUT2D eigenvalue weighted by atomic mass is 10.1. The number of hydrogen-bond donors (Lipinski definition) is 0. The zero-order valence-corrected chi connectivity index (χ0v) is 16.3. The van der Waals surface area contributed by atoms with Crippen LogP contribution in [-0.2, 0) is 23.2 Å². The van der Waals surface area contributed by atoms with E-state index < -0.39 is 11.7 Å². The highest BCUT2D eigenvalue weighted by atomic mass is 32.2. The van der Waals surface area contributed by atoms with E-state index in [9.17, 15) is 18.0 Å². The van der Waals surface area contributed by atoms with Crippen molar-refractivity contribution in [2.24, 2.45) is 0 Å². The summed E-state index contributed by atoms with van der Waals surface area (Å²) in [5, 5.41) is 1.01. The van der Waals surface area contributed by atoms with Gasteiger partial charge in [-0.15, -0.1) is 0 Å². The van der Waals surface area contributed by atoms with Crippen molar-refractivity contribution in [3.8, 4) is 0 Å². The second kappa shape index (κ2) is 8.20. The lowest BCUT2D eigenvalue weighted by Gasteiger charge is -2.16. The first-order chi connectivity index (χ1) is 13.9. The maximum Gasteiger partial charge on any atom is 0.416 e. The van der Waals surface area contributed by atoms with E-state index in [2.05, 4.69) is 4.98 Å². The summed E-state index contributed by atoms with van der Waals surface area (Å²) in [5.74, 6) is 0.278. The fraction of sp³-hybridized carbons (Fsp3) is 0.333. The Morgan fingerprint density at radius 2 is 2.00 bits per heavy atom. The fourth-order valence-corrected chi connectivity index (χ4v) is 4.35. The van der Waals surface area contributed by atoms with Gasteiger partial charge in [-0.2, -0.15) is 13.2 Å². The molecular weight excluding hydrogens is 401 g/mol. The summed E-state index contributed by atoms with van der Waals surface area (Å²) in [6, 6.07) is 12.3. The number of para-hydroxylation sites is 1. The first-order valence-corrected chi connectivity index (χ1v) is 10.3. The summed E-state index contributed by atoms with van der Waals surface area (Å²) in [6.45, 7) is 1.06. The van der Waals surface area contributed by atoms with Gasteiger partial charge in [-0.1, -0.05) is 42.1 Å². The summed E-state index contributed by atoms with van der Waals surface area (Å²) in [6.07, 6.45) is -2.61. The van der Waals surface area contributed by atoms with Gasteiger partial charge in [-0.25, -0.2) is 4.98 Å². The van der Waals surface area contributed by atoms with E-state index in [1.165, 1.54) is 17.8 Å². The highest BCUT2D eigenvalue weighted by molar-refractivity contribution is 7.98. The Balaban J connectivity index is 1.66. The number of ether oxygens (including phenoxy) is 1. The monoisotopic (exact) mass is 420 g/mol. The Labute approximate surface area is 169 Å². The van der Waals surface area contributed by atoms with Gasteiger partial charge in [0.15, 0.2) is 5.16 Å². The van der Waals surface area contributed by atoms with Crippen LogP contribution in [0.5, 0.6) is 0 Å². The molecule has 1 aliphatic rings. The van der Waals surface area contributed by atoms with Gasteiger partial charge in [-0.3, -0.25) is 9.36 Å². The molecule has 1 unspecified atom stereocenters. The molecule has 0 saturated carbocycles. The zero-order chi connectivity index (χ0) is 20.4. The third-order valence-corrected chi connectivity index (χ3v) is 5.91. The molecule has 4 nitrogen and oxygen atoms in total. The topological polar surface area (TPSA) is 44.1 Å².